The molecule has 22 heavy (non-hydrogen) atoms. The van der Waals surface area contributed by atoms with Crippen LogP contribution in [0.2, 0.25) is 0 Å². The van der Waals surface area contributed by atoms with Crippen molar-refractivity contribution < 1.29 is 0 Å². The molecule has 0 aliphatic heterocycles. The zero-order valence-electron chi connectivity index (χ0n) is 12.0. The van der Waals surface area contributed by atoms with Crippen molar-refractivity contribution in [3.05, 3.63) is 79.0 Å². The average molecular weight is 279 g/mol. The van der Waals surface area contributed by atoms with E-state index < -0.39 is 0 Å². The molecule has 0 saturated heterocycles. The van der Waals surface area contributed by atoms with Gasteiger partial charge in [-0.3, -0.25) is 4.98 Å². The van der Waals surface area contributed by atoms with Crippen molar-refractivity contribution in [2.24, 2.45) is 0 Å². The first-order chi connectivity index (χ1) is 10.9. The molecule has 0 atom stereocenters. The summed E-state index contributed by atoms with van der Waals surface area (Å²) in [6, 6.07) is 25.9. The van der Waals surface area contributed by atoms with Crippen LogP contribution in [-0.4, -0.2) is 4.98 Å². The van der Waals surface area contributed by atoms with Crippen LogP contribution in [-0.2, 0) is 0 Å². The van der Waals surface area contributed by atoms with E-state index >= 15 is 0 Å². The number of rotatable bonds is 0. The van der Waals surface area contributed by atoms with Gasteiger partial charge in [0.1, 0.15) is 0 Å². The SMILES string of the molecule is c1ccc2c(c1)ccc1ccc3ccc4ncccc4c3c12. The molecule has 0 N–H and O–H groups in total. The summed E-state index contributed by atoms with van der Waals surface area (Å²) in [6.45, 7) is 0. The van der Waals surface area contributed by atoms with Gasteiger partial charge >= 0.3 is 0 Å². The fourth-order valence-corrected chi connectivity index (χ4v) is 3.47. The first-order valence-electron chi connectivity index (χ1n) is 7.50. The third-order valence-corrected chi connectivity index (χ3v) is 4.47. The molecule has 0 spiro atoms. The lowest BCUT2D eigenvalue weighted by Gasteiger charge is -2.10. The van der Waals surface area contributed by atoms with E-state index in [9.17, 15) is 0 Å². The maximum atomic E-state index is 4.52. The maximum Gasteiger partial charge on any atom is 0.0708 e. The third-order valence-electron chi connectivity index (χ3n) is 4.47. The van der Waals surface area contributed by atoms with Gasteiger partial charge < -0.3 is 0 Å². The van der Waals surface area contributed by atoms with E-state index in [1.165, 1.54) is 37.7 Å². The van der Waals surface area contributed by atoms with Gasteiger partial charge in [0.05, 0.1) is 5.52 Å². The molecule has 0 amide bonds. The highest BCUT2D eigenvalue weighted by Gasteiger charge is 2.08. The smallest absolute Gasteiger partial charge is 0.0708 e. The zero-order chi connectivity index (χ0) is 14.5. The number of hydrogen-bond donors (Lipinski definition) is 0. The van der Waals surface area contributed by atoms with Crippen molar-refractivity contribution in [3.8, 4) is 0 Å². The molecule has 1 nitrogen and oxygen atoms in total. The normalized spacial score (nSPS) is 11.6. The lowest BCUT2D eigenvalue weighted by atomic mass is 9.94. The fraction of sp³-hybridized carbons (Fsp3) is 0. The lowest BCUT2D eigenvalue weighted by Crippen LogP contribution is -1.84. The molecule has 4 aromatic carbocycles. The van der Waals surface area contributed by atoms with Crippen LogP contribution < -0.4 is 0 Å². The van der Waals surface area contributed by atoms with Gasteiger partial charge in [-0.25, -0.2) is 0 Å². The van der Waals surface area contributed by atoms with Gasteiger partial charge in [0.25, 0.3) is 0 Å². The van der Waals surface area contributed by atoms with Crippen molar-refractivity contribution in [1.29, 1.82) is 0 Å². The van der Waals surface area contributed by atoms with Crippen LogP contribution in [0.25, 0.3) is 43.2 Å². The summed E-state index contributed by atoms with van der Waals surface area (Å²) in [5, 5.41) is 8.99. The van der Waals surface area contributed by atoms with Crippen LogP contribution in [0.1, 0.15) is 0 Å². The van der Waals surface area contributed by atoms with E-state index in [1.54, 1.807) is 0 Å². The van der Waals surface area contributed by atoms with Gasteiger partial charge in [-0.15, -0.1) is 0 Å². The molecule has 5 aromatic rings. The number of hydrogen-bond acceptors (Lipinski definition) is 1. The molecule has 5 rings (SSSR count). The summed E-state index contributed by atoms with van der Waals surface area (Å²) in [7, 11) is 0. The predicted molar refractivity (Wildman–Crippen MR) is 94.3 cm³/mol. The van der Waals surface area contributed by atoms with Gasteiger partial charge in [0.2, 0.25) is 0 Å². The van der Waals surface area contributed by atoms with Gasteiger partial charge in [0.15, 0.2) is 0 Å². The molecule has 0 aliphatic carbocycles. The highest BCUT2D eigenvalue weighted by molar-refractivity contribution is 6.27. The largest absolute Gasteiger partial charge is 0.256 e. The second-order valence-corrected chi connectivity index (χ2v) is 5.68. The Morgan fingerprint density at radius 2 is 1.14 bits per heavy atom. The molecule has 1 heteroatoms. The number of benzene rings is 4. The van der Waals surface area contributed by atoms with Crippen molar-refractivity contribution in [2.75, 3.05) is 0 Å². The minimum absolute atomic E-state index is 1.05. The second kappa shape index (κ2) is 4.28. The summed E-state index contributed by atoms with van der Waals surface area (Å²) < 4.78 is 0. The monoisotopic (exact) mass is 279 g/mol. The van der Waals surface area contributed by atoms with Crippen molar-refractivity contribution in [3.63, 3.8) is 0 Å². The van der Waals surface area contributed by atoms with Crippen LogP contribution >= 0.6 is 0 Å². The van der Waals surface area contributed by atoms with Gasteiger partial charge in [0, 0.05) is 11.6 Å². The highest BCUT2D eigenvalue weighted by Crippen LogP contribution is 2.35. The van der Waals surface area contributed by atoms with Crippen molar-refractivity contribution >= 4 is 43.2 Å². The minimum atomic E-state index is 1.05. The molecular weight excluding hydrogens is 266 g/mol. The Morgan fingerprint density at radius 1 is 0.500 bits per heavy atom. The fourth-order valence-electron chi connectivity index (χ4n) is 3.47. The topological polar surface area (TPSA) is 12.9 Å². The molecule has 1 heterocycles. The Hall–Kier alpha value is -2.93. The Bertz CT molecular complexity index is 1070. The number of aromatic nitrogens is 1. The molecule has 0 fully saturated rings. The summed E-state index contributed by atoms with van der Waals surface area (Å²) in [6.07, 6.45) is 1.86. The van der Waals surface area contributed by atoms with E-state index in [-0.39, 0.29) is 0 Å². The molecule has 102 valence electrons. The first kappa shape index (κ1) is 11.7. The Labute approximate surface area is 127 Å². The standard InChI is InChI=1S/C21H13N/c1-2-5-17-14(4-1)7-8-15-9-10-16-11-12-19-18(6-3-13-22-19)21(16)20(15)17/h1-13H. The van der Waals surface area contributed by atoms with Gasteiger partial charge in [-0.05, 0) is 44.5 Å². The average Bonchev–Trinajstić information content (AvgIpc) is 2.60. The second-order valence-electron chi connectivity index (χ2n) is 5.68. The molecular formula is C21H13N. The van der Waals surface area contributed by atoms with Crippen LogP contribution in [0.5, 0.6) is 0 Å². The minimum Gasteiger partial charge on any atom is -0.256 e. The maximum absolute atomic E-state index is 4.52. The third kappa shape index (κ3) is 1.51. The molecule has 0 saturated carbocycles. The molecule has 0 aliphatic rings. The van der Waals surface area contributed by atoms with E-state index in [1.807, 2.05) is 12.3 Å². The molecule has 0 unspecified atom stereocenters. The van der Waals surface area contributed by atoms with Crippen LogP contribution in [0.4, 0.5) is 0 Å². The number of pyridine rings is 1. The molecule has 0 radical (unpaired) electrons. The van der Waals surface area contributed by atoms with E-state index in [2.05, 4.69) is 71.7 Å². The van der Waals surface area contributed by atoms with Gasteiger partial charge in [-0.2, -0.15) is 0 Å². The lowest BCUT2D eigenvalue weighted by molar-refractivity contribution is 1.42. The van der Waals surface area contributed by atoms with E-state index in [0.717, 1.165) is 5.52 Å². The van der Waals surface area contributed by atoms with E-state index in [0.29, 0.717) is 0 Å². The molecule has 1 aromatic heterocycles. The summed E-state index contributed by atoms with van der Waals surface area (Å²) in [5.41, 5.74) is 1.05. The predicted octanol–water partition coefficient (Wildman–Crippen LogP) is 5.69. The number of fused-ring (bicyclic) bond motifs is 7. The summed E-state index contributed by atoms with van der Waals surface area (Å²) in [5.74, 6) is 0. The summed E-state index contributed by atoms with van der Waals surface area (Å²) >= 11 is 0. The quantitative estimate of drug-likeness (QED) is 0.332. The van der Waals surface area contributed by atoms with Crippen molar-refractivity contribution in [2.45, 2.75) is 0 Å². The number of nitrogens with zero attached hydrogens (tertiary/aromatic N) is 1. The van der Waals surface area contributed by atoms with Crippen LogP contribution in [0, 0.1) is 0 Å². The molecule has 0 bridgehead atoms. The zero-order valence-corrected chi connectivity index (χ0v) is 12.0. The van der Waals surface area contributed by atoms with Crippen LogP contribution in [0.15, 0.2) is 79.0 Å². The Morgan fingerprint density at radius 3 is 2.00 bits per heavy atom. The van der Waals surface area contributed by atoms with Crippen LogP contribution in [0.3, 0.4) is 0 Å². The first-order valence-corrected chi connectivity index (χ1v) is 7.50. The van der Waals surface area contributed by atoms with E-state index in [4.69, 9.17) is 0 Å². The van der Waals surface area contributed by atoms with Gasteiger partial charge in [-0.1, -0.05) is 60.7 Å². The highest BCUT2D eigenvalue weighted by atomic mass is 14.6. The van der Waals surface area contributed by atoms with Crippen molar-refractivity contribution in [1.82, 2.24) is 4.98 Å². The Balaban J connectivity index is 2.19. The summed E-state index contributed by atoms with van der Waals surface area (Å²) in [4.78, 5) is 4.52. The Kier molecular flexibility index (Phi) is 2.28.